The maximum Gasteiger partial charge on any atom is 0.251 e. The van der Waals surface area contributed by atoms with Crippen molar-refractivity contribution in [2.24, 2.45) is 10.9 Å². The molecule has 0 aromatic heterocycles. The number of likely N-dealkylation sites (tertiary alicyclic amines) is 1. The third-order valence-electron chi connectivity index (χ3n) is 4.22. The van der Waals surface area contributed by atoms with Gasteiger partial charge in [0.25, 0.3) is 6.43 Å². The third-order valence-corrected chi connectivity index (χ3v) is 4.22. The molecule has 142 valence electrons. The molecule has 0 amide bonds. The van der Waals surface area contributed by atoms with E-state index >= 15 is 0 Å². The van der Waals surface area contributed by atoms with Crippen molar-refractivity contribution in [3.05, 3.63) is 0 Å². The maximum atomic E-state index is 12.4. The molecule has 0 atom stereocenters. The number of halogens is 3. The van der Waals surface area contributed by atoms with Gasteiger partial charge in [0, 0.05) is 32.3 Å². The van der Waals surface area contributed by atoms with Crippen LogP contribution in [0.4, 0.5) is 8.78 Å². The number of hydrogen-bond acceptors (Lipinski definition) is 3. The second-order valence-electron chi connectivity index (χ2n) is 6.39. The normalized spacial score (nSPS) is 20.1. The highest BCUT2D eigenvalue weighted by Gasteiger charge is 2.22. The van der Waals surface area contributed by atoms with Crippen molar-refractivity contribution in [2.45, 2.75) is 45.1 Å². The summed E-state index contributed by atoms with van der Waals surface area (Å²) in [7, 11) is 0. The fourth-order valence-corrected chi connectivity index (χ4v) is 2.72. The maximum absolute atomic E-state index is 12.4. The van der Waals surface area contributed by atoms with Gasteiger partial charge < -0.3 is 15.4 Å². The average molecular weight is 460 g/mol. The molecule has 24 heavy (non-hydrogen) atoms. The van der Waals surface area contributed by atoms with Crippen LogP contribution in [-0.4, -0.2) is 69.3 Å². The predicted octanol–water partition coefficient (Wildman–Crippen LogP) is 2.32. The standard InChI is InChI=1S/C16H30F2N4O.HI/c1-2-19-16(20-7-10-23-12-13-3-4-13)21-14-5-8-22(9-6-14)11-15(17)18;/h13-15H,2-12H2,1H3,(H2,19,20,21);1H. The number of ether oxygens (including phenoxy) is 1. The van der Waals surface area contributed by atoms with Crippen molar-refractivity contribution in [3.63, 3.8) is 0 Å². The lowest BCUT2D eigenvalue weighted by molar-refractivity contribution is 0.0744. The largest absolute Gasteiger partial charge is 0.379 e. The lowest BCUT2D eigenvalue weighted by Crippen LogP contribution is -2.49. The lowest BCUT2D eigenvalue weighted by atomic mass is 10.1. The molecule has 1 heterocycles. The molecular formula is C16H31F2IN4O. The van der Waals surface area contributed by atoms with Crippen molar-refractivity contribution in [3.8, 4) is 0 Å². The molecule has 2 rings (SSSR count). The van der Waals surface area contributed by atoms with E-state index in [0.29, 0.717) is 32.3 Å². The van der Waals surface area contributed by atoms with Crippen LogP contribution in [-0.2, 0) is 4.74 Å². The SMILES string of the molecule is CCNC(=NCCOCC1CC1)NC1CCN(CC(F)F)CC1.I. The van der Waals surface area contributed by atoms with Gasteiger partial charge >= 0.3 is 0 Å². The summed E-state index contributed by atoms with van der Waals surface area (Å²) in [5.41, 5.74) is 0. The average Bonchev–Trinajstić information content (AvgIpc) is 3.33. The van der Waals surface area contributed by atoms with Gasteiger partial charge in [0.05, 0.1) is 19.7 Å². The van der Waals surface area contributed by atoms with E-state index in [1.165, 1.54) is 12.8 Å². The van der Waals surface area contributed by atoms with Crippen molar-refractivity contribution >= 4 is 29.9 Å². The summed E-state index contributed by atoms with van der Waals surface area (Å²) in [5.74, 6) is 1.58. The Labute approximate surface area is 161 Å². The quantitative estimate of drug-likeness (QED) is 0.240. The van der Waals surface area contributed by atoms with Crippen molar-refractivity contribution < 1.29 is 13.5 Å². The second-order valence-corrected chi connectivity index (χ2v) is 6.39. The minimum atomic E-state index is -2.24. The molecule has 0 aromatic carbocycles. The van der Waals surface area contributed by atoms with E-state index < -0.39 is 6.43 Å². The zero-order valence-corrected chi connectivity index (χ0v) is 16.8. The predicted molar refractivity (Wildman–Crippen MR) is 104 cm³/mol. The van der Waals surface area contributed by atoms with Crippen LogP contribution in [0.2, 0.25) is 0 Å². The van der Waals surface area contributed by atoms with Gasteiger partial charge in [0.2, 0.25) is 0 Å². The van der Waals surface area contributed by atoms with E-state index in [0.717, 1.165) is 37.9 Å². The smallest absolute Gasteiger partial charge is 0.251 e. The van der Waals surface area contributed by atoms with Gasteiger partial charge in [-0.3, -0.25) is 9.89 Å². The van der Waals surface area contributed by atoms with E-state index in [2.05, 4.69) is 15.6 Å². The summed E-state index contributed by atoms with van der Waals surface area (Å²) in [6.07, 6.45) is 2.11. The fraction of sp³-hybridized carbons (Fsp3) is 0.938. The number of alkyl halides is 2. The third kappa shape index (κ3) is 9.31. The summed E-state index contributed by atoms with van der Waals surface area (Å²) >= 11 is 0. The molecule has 0 radical (unpaired) electrons. The molecule has 1 saturated carbocycles. The van der Waals surface area contributed by atoms with Crippen LogP contribution in [0.25, 0.3) is 0 Å². The minimum absolute atomic E-state index is 0. The Morgan fingerprint density at radius 2 is 1.96 bits per heavy atom. The first kappa shape index (κ1) is 21.8. The number of hydrogen-bond donors (Lipinski definition) is 2. The first-order valence-corrected chi connectivity index (χ1v) is 8.80. The molecule has 5 nitrogen and oxygen atoms in total. The number of rotatable bonds is 9. The Morgan fingerprint density at radius 1 is 1.25 bits per heavy atom. The van der Waals surface area contributed by atoms with Gasteiger partial charge in [-0.05, 0) is 38.5 Å². The highest BCUT2D eigenvalue weighted by atomic mass is 127. The molecule has 8 heteroatoms. The molecule has 2 aliphatic rings. The van der Waals surface area contributed by atoms with Crippen LogP contribution in [0.5, 0.6) is 0 Å². The van der Waals surface area contributed by atoms with Crippen molar-refractivity contribution in [2.75, 3.05) is 45.9 Å². The van der Waals surface area contributed by atoms with E-state index in [-0.39, 0.29) is 30.5 Å². The van der Waals surface area contributed by atoms with Gasteiger partial charge in [0.15, 0.2) is 5.96 Å². The van der Waals surface area contributed by atoms with Gasteiger partial charge in [0.1, 0.15) is 0 Å². The Morgan fingerprint density at radius 3 is 2.54 bits per heavy atom. The van der Waals surface area contributed by atoms with Gasteiger partial charge in [-0.25, -0.2) is 8.78 Å². The first-order chi connectivity index (χ1) is 11.2. The summed E-state index contributed by atoms with van der Waals surface area (Å²) in [6.45, 7) is 6.32. The number of piperidine rings is 1. The fourth-order valence-electron chi connectivity index (χ4n) is 2.72. The molecule has 1 aliphatic carbocycles. The van der Waals surface area contributed by atoms with Crippen LogP contribution < -0.4 is 10.6 Å². The van der Waals surface area contributed by atoms with Gasteiger partial charge in [-0.1, -0.05) is 0 Å². The number of aliphatic imine (C=N–C) groups is 1. The molecule has 0 aromatic rings. The van der Waals surface area contributed by atoms with E-state index in [1.807, 2.05) is 11.8 Å². The Balaban J connectivity index is 0.00000288. The Hall–Kier alpha value is -0.220. The first-order valence-electron chi connectivity index (χ1n) is 8.80. The zero-order chi connectivity index (χ0) is 16.5. The van der Waals surface area contributed by atoms with Crippen LogP contribution in [0.1, 0.15) is 32.6 Å². The molecule has 1 aliphatic heterocycles. The number of nitrogens with zero attached hydrogens (tertiary/aromatic N) is 2. The molecule has 0 unspecified atom stereocenters. The topological polar surface area (TPSA) is 48.9 Å². The highest BCUT2D eigenvalue weighted by molar-refractivity contribution is 14.0. The monoisotopic (exact) mass is 460 g/mol. The lowest BCUT2D eigenvalue weighted by Gasteiger charge is -2.32. The molecule has 2 fully saturated rings. The van der Waals surface area contributed by atoms with Gasteiger partial charge in [-0.15, -0.1) is 24.0 Å². The number of nitrogens with one attached hydrogen (secondary N) is 2. The summed E-state index contributed by atoms with van der Waals surface area (Å²) in [5, 5.41) is 6.65. The molecule has 2 N–H and O–H groups in total. The molecule has 1 saturated heterocycles. The Kier molecular flexibility index (Phi) is 11.1. The minimum Gasteiger partial charge on any atom is -0.379 e. The Bertz CT molecular complexity index is 362. The van der Waals surface area contributed by atoms with Crippen LogP contribution >= 0.6 is 24.0 Å². The van der Waals surface area contributed by atoms with E-state index in [1.54, 1.807) is 0 Å². The summed E-state index contributed by atoms with van der Waals surface area (Å²) in [4.78, 5) is 6.36. The molecule has 0 spiro atoms. The highest BCUT2D eigenvalue weighted by Crippen LogP contribution is 2.28. The van der Waals surface area contributed by atoms with Crippen LogP contribution in [0, 0.1) is 5.92 Å². The molecular weight excluding hydrogens is 429 g/mol. The summed E-state index contributed by atoms with van der Waals surface area (Å²) in [6, 6.07) is 0.300. The number of guanidine groups is 1. The van der Waals surface area contributed by atoms with Crippen LogP contribution in [0.15, 0.2) is 4.99 Å². The zero-order valence-electron chi connectivity index (χ0n) is 14.5. The van der Waals surface area contributed by atoms with Crippen molar-refractivity contribution in [1.82, 2.24) is 15.5 Å². The van der Waals surface area contributed by atoms with Crippen LogP contribution in [0.3, 0.4) is 0 Å². The second kappa shape index (κ2) is 12.2. The summed E-state index contributed by atoms with van der Waals surface area (Å²) < 4.78 is 30.4. The van der Waals surface area contributed by atoms with E-state index in [4.69, 9.17) is 4.74 Å². The van der Waals surface area contributed by atoms with Gasteiger partial charge in [-0.2, -0.15) is 0 Å². The van der Waals surface area contributed by atoms with E-state index in [9.17, 15) is 8.78 Å². The molecule has 0 bridgehead atoms. The van der Waals surface area contributed by atoms with Crippen molar-refractivity contribution in [1.29, 1.82) is 0 Å².